The van der Waals surface area contributed by atoms with Crippen LogP contribution in [0.2, 0.25) is 5.02 Å². The van der Waals surface area contributed by atoms with Crippen LogP contribution in [0.15, 0.2) is 36.4 Å². The molecule has 2 N–H and O–H groups in total. The number of thiocarbonyl (C=S) groups is 1. The molecule has 2 aromatic carbocycles. The number of alkyl halides is 3. The summed E-state index contributed by atoms with van der Waals surface area (Å²) in [6, 6.07) is 6.90. The van der Waals surface area contributed by atoms with Crippen LogP contribution in [0.25, 0.3) is 0 Å². The minimum atomic E-state index is -4.63. The molecular weight excluding hydrogens is 395 g/mol. The molecule has 2 rings (SSSR count). The van der Waals surface area contributed by atoms with Crippen molar-refractivity contribution in [2.75, 3.05) is 17.7 Å². The maximum atomic E-state index is 13.1. The molecule has 0 aliphatic carbocycles. The second kappa shape index (κ2) is 7.75. The third-order valence-electron chi connectivity index (χ3n) is 3.18. The van der Waals surface area contributed by atoms with Crippen LogP contribution in [0.5, 0.6) is 5.75 Å². The summed E-state index contributed by atoms with van der Waals surface area (Å²) in [6.07, 6.45) is -4.63. The van der Waals surface area contributed by atoms with Crippen molar-refractivity contribution in [1.82, 2.24) is 0 Å². The van der Waals surface area contributed by atoms with Gasteiger partial charge in [-0.15, -0.1) is 0 Å². The van der Waals surface area contributed by atoms with Gasteiger partial charge in [-0.25, -0.2) is 0 Å². The van der Waals surface area contributed by atoms with E-state index >= 15 is 0 Å². The zero-order chi connectivity index (χ0) is 19.5. The highest BCUT2D eigenvalue weighted by molar-refractivity contribution is 7.80. The van der Waals surface area contributed by atoms with E-state index in [-0.39, 0.29) is 32.9 Å². The fraction of sp³-hybridized carbons (Fsp3) is 0.133. The van der Waals surface area contributed by atoms with Crippen molar-refractivity contribution in [2.45, 2.75) is 6.18 Å². The van der Waals surface area contributed by atoms with Crippen LogP contribution >= 0.6 is 23.8 Å². The quantitative estimate of drug-likeness (QED) is 0.419. The lowest BCUT2D eigenvalue weighted by atomic mass is 10.1. The molecule has 138 valence electrons. The Bertz CT molecular complexity index is 862. The van der Waals surface area contributed by atoms with Crippen LogP contribution in [-0.2, 0) is 6.18 Å². The van der Waals surface area contributed by atoms with Gasteiger partial charge in [0.15, 0.2) is 5.11 Å². The molecule has 0 heterocycles. The van der Waals surface area contributed by atoms with Crippen molar-refractivity contribution in [2.24, 2.45) is 0 Å². The average Bonchev–Trinajstić information content (AvgIpc) is 2.55. The molecule has 0 spiro atoms. The molecule has 0 radical (unpaired) electrons. The fourth-order valence-electron chi connectivity index (χ4n) is 2.03. The number of rotatable bonds is 4. The molecule has 0 aliphatic rings. The molecular formula is C15H11ClF3N3O3S. The molecule has 0 aromatic heterocycles. The zero-order valence-corrected chi connectivity index (χ0v) is 14.6. The van der Waals surface area contributed by atoms with Crippen LogP contribution in [-0.4, -0.2) is 17.1 Å². The van der Waals surface area contributed by atoms with Gasteiger partial charge in [0, 0.05) is 11.1 Å². The number of anilines is 2. The molecule has 26 heavy (non-hydrogen) atoms. The molecule has 6 nitrogen and oxygen atoms in total. The van der Waals surface area contributed by atoms with E-state index in [1.807, 2.05) is 0 Å². The van der Waals surface area contributed by atoms with Crippen LogP contribution in [0, 0.1) is 10.1 Å². The number of benzene rings is 2. The number of hydrogen-bond donors (Lipinski definition) is 2. The van der Waals surface area contributed by atoms with E-state index in [0.29, 0.717) is 0 Å². The van der Waals surface area contributed by atoms with Crippen molar-refractivity contribution in [1.29, 1.82) is 0 Å². The van der Waals surface area contributed by atoms with Gasteiger partial charge in [-0.1, -0.05) is 11.6 Å². The molecule has 0 fully saturated rings. The third kappa shape index (κ3) is 4.73. The molecule has 0 unspecified atom stereocenters. The monoisotopic (exact) mass is 405 g/mol. The predicted octanol–water partition coefficient (Wildman–Crippen LogP) is 5.08. The van der Waals surface area contributed by atoms with Crippen molar-refractivity contribution in [3.8, 4) is 5.75 Å². The lowest BCUT2D eigenvalue weighted by Gasteiger charge is -2.17. The van der Waals surface area contributed by atoms with Crippen LogP contribution in [0.4, 0.5) is 30.2 Å². The molecule has 0 saturated carbocycles. The van der Waals surface area contributed by atoms with Crippen molar-refractivity contribution in [3.63, 3.8) is 0 Å². The summed E-state index contributed by atoms with van der Waals surface area (Å²) in [5, 5.41) is 15.6. The van der Waals surface area contributed by atoms with E-state index < -0.39 is 16.7 Å². The number of nitrogens with one attached hydrogen (secondary N) is 2. The van der Waals surface area contributed by atoms with Gasteiger partial charge in [-0.3, -0.25) is 10.1 Å². The van der Waals surface area contributed by atoms with E-state index in [9.17, 15) is 23.3 Å². The zero-order valence-electron chi connectivity index (χ0n) is 13.1. The number of halogens is 4. The third-order valence-corrected chi connectivity index (χ3v) is 3.62. The molecule has 0 aliphatic heterocycles. The summed E-state index contributed by atoms with van der Waals surface area (Å²) in [5.41, 5.74) is -1.23. The van der Waals surface area contributed by atoms with Gasteiger partial charge in [0.2, 0.25) is 0 Å². The minimum Gasteiger partial charge on any atom is -0.494 e. The molecule has 0 atom stereocenters. The summed E-state index contributed by atoms with van der Waals surface area (Å²) in [6.45, 7) is 0. The highest BCUT2D eigenvalue weighted by Crippen LogP contribution is 2.36. The Morgan fingerprint density at radius 3 is 2.38 bits per heavy atom. The Hall–Kier alpha value is -2.59. The lowest BCUT2D eigenvalue weighted by Crippen LogP contribution is -2.22. The first-order valence-corrected chi connectivity index (χ1v) is 7.67. The molecule has 0 amide bonds. The Labute approximate surface area is 156 Å². The van der Waals surface area contributed by atoms with Crippen molar-refractivity contribution in [3.05, 3.63) is 57.1 Å². The Balaban J connectivity index is 2.24. The summed E-state index contributed by atoms with van der Waals surface area (Å²) in [5.74, 6) is 0.107. The number of hydrogen-bond acceptors (Lipinski definition) is 4. The molecule has 2 aromatic rings. The number of non-ortho nitro benzene ring substituents is 1. The van der Waals surface area contributed by atoms with Gasteiger partial charge in [-0.2, -0.15) is 13.2 Å². The summed E-state index contributed by atoms with van der Waals surface area (Å²) < 4.78 is 44.3. The Morgan fingerprint density at radius 2 is 1.81 bits per heavy atom. The first-order chi connectivity index (χ1) is 12.1. The van der Waals surface area contributed by atoms with E-state index in [0.717, 1.165) is 18.2 Å². The van der Waals surface area contributed by atoms with E-state index in [4.69, 9.17) is 28.6 Å². The Kier molecular flexibility index (Phi) is 5.88. The second-order valence-electron chi connectivity index (χ2n) is 4.91. The van der Waals surface area contributed by atoms with Crippen molar-refractivity contribution < 1.29 is 22.8 Å². The largest absolute Gasteiger partial charge is 0.494 e. The normalized spacial score (nSPS) is 11.0. The minimum absolute atomic E-state index is 0.0706. The second-order valence-corrected chi connectivity index (χ2v) is 5.75. The summed E-state index contributed by atoms with van der Waals surface area (Å²) in [4.78, 5) is 10.2. The maximum absolute atomic E-state index is 13.1. The van der Waals surface area contributed by atoms with Crippen LogP contribution < -0.4 is 15.4 Å². The molecule has 0 bridgehead atoms. The smallest absolute Gasteiger partial charge is 0.418 e. The molecule has 0 saturated heterocycles. The first-order valence-electron chi connectivity index (χ1n) is 6.89. The summed E-state index contributed by atoms with van der Waals surface area (Å²) >= 11 is 10.6. The van der Waals surface area contributed by atoms with Gasteiger partial charge in [0.25, 0.3) is 5.69 Å². The predicted molar refractivity (Wildman–Crippen MR) is 95.9 cm³/mol. The highest BCUT2D eigenvalue weighted by atomic mass is 35.5. The van der Waals surface area contributed by atoms with E-state index in [1.54, 1.807) is 0 Å². The summed E-state index contributed by atoms with van der Waals surface area (Å²) in [7, 11) is 1.29. The van der Waals surface area contributed by atoms with Gasteiger partial charge in [0.1, 0.15) is 5.75 Å². The van der Waals surface area contributed by atoms with Gasteiger partial charge in [0.05, 0.1) is 35.0 Å². The number of nitro benzene ring substituents is 1. The average molecular weight is 406 g/mol. The fourth-order valence-corrected chi connectivity index (χ4v) is 2.42. The standard InChI is InChI=1S/C15H11ClF3N3O3S/c1-25-13-7-9(22(23)24)3-5-12(13)21-14(26)20-11-4-2-8(16)6-10(11)15(17,18)19/h2-7H,1H3,(H2,20,21,26). The number of methoxy groups -OCH3 is 1. The van der Waals surface area contributed by atoms with Crippen LogP contribution in [0.1, 0.15) is 5.56 Å². The van der Waals surface area contributed by atoms with Crippen molar-refractivity contribution >= 4 is 46.0 Å². The topological polar surface area (TPSA) is 76.4 Å². The highest BCUT2D eigenvalue weighted by Gasteiger charge is 2.34. The SMILES string of the molecule is COc1cc([N+](=O)[O-])ccc1NC(=S)Nc1ccc(Cl)cc1C(F)(F)F. The lowest BCUT2D eigenvalue weighted by molar-refractivity contribution is -0.384. The Morgan fingerprint density at radius 1 is 1.19 bits per heavy atom. The van der Waals surface area contributed by atoms with E-state index in [2.05, 4.69) is 10.6 Å². The van der Waals surface area contributed by atoms with Gasteiger partial charge in [-0.05, 0) is 36.5 Å². The number of ether oxygens (including phenoxy) is 1. The van der Waals surface area contributed by atoms with Gasteiger partial charge >= 0.3 is 6.18 Å². The number of nitrogens with zero attached hydrogens (tertiary/aromatic N) is 1. The van der Waals surface area contributed by atoms with Gasteiger partial charge < -0.3 is 15.4 Å². The molecule has 11 heteroatoms. The van der Waals surface area contributed by atoms with Crippen LogP contribution in [0.3, 0.4) is 0 Å². The maximum Gasteiger partial charge on any atom is 0.418 e. The number of nitro groups is 1. The van der Waals surface area contributed by atoms with E-state index in [1.165, 1.54) is 25.3 Å². The first kappa shape index (κ1) is 19.7.